The van der Waals surface area contributed by atoms with Crippen LogP contribution < -0.4 is 20.9 Å². The summed E-state index contributed by atoms with van der Waals surface area (Å²) >= 11 is 6.43. The minimum Gasteiger partial charge on any atom is -0.367 e. The van der Waals surface area contributed by atoms with Gasteiger partial charge >= 0.3 is 0 Å². The number of anilines is 6. The van der Waals surface area contributed by atoms with Gasteiger partial charge in [0, 0.05) is 38.4 Å². The first-order valence-electron chi connectivity index (χ1n) is 14.5. The number of hydrogen-bond acceptors (Lipinski definition) is 9. The van der Waals surface area contributed by atoms with E-state index in [1.807, 2.05) is 13.0 Å². The number of piperazine rings is 1. The molecule has 0 radical (unpaired) electrons. The average Bonchev–Trinajstić information content (AvgIpc) is 3.81. The summed E-state index contributed by atoms with van der Waals surface area (Å²) in [6.45, 7) is 13.8. The van der Waals surface area contributed by atoms with E-state index in [2.05, 4.69) is 48.4 Å². The first kappa shape index (κ1) is 30.8. The van der Waals surface area contributed by atoms with Gasteiger partial charge in [-0.2, -0.15) is 4.98 Å². The number of nitrogens with one attached hydrogen (secondary N) is 3. The summed E-state index contributed by atoms with van der Waals surface area (Å²) in [6, 6.07) is 10.6. The van der Waals surface area contributed by atoms with Gasteiger partial charge in [0.1, 0.15) is 5.02 Å². The number of aromatic nitrogens is 2. The van der Waals surface area contributed by atoms with Gasteiger partial charge in [-0.25, -0.2) is 13.4 Å². The lowest BCUT2D eigenvalue weighted by Gasteiger charge is -2.37. The van der Waals surface area contributed by atoms with E-state index in [0.717, 1.165) is 43.3 Å². The molecule has 5 rings (SSSR count). The Morgan fingerprint density at radius 3 is 2.49 bits per heavy atom. The summed E-state index contributed by atoms with van der Waals surface area (Å²) in [5, 5.41) is 8.92. The largest absolute Gasteiger partial charge is 0.367 e. The highest BCUT2D eigenvalue weighted by Crippen LogP contribution is 2.36. The van der Waals surface area contributed by atoms with Crippen molar-refractivity contribution in [2.75, 3.05) is 53.6 Å². The molecule has 2 fully saturated rings. The maximum atomic E-state index is 12.9. The highest BCUT2D eigenvalue weighted by molar-refractivity contribution is 7.92. The first-order chi connectivity index (χ1) is 20.5. The van der Waals surface area contributed by atoms with Gasteiger partial charge in [-0.15, -0.1) is 0 Å². The summed E-state index contributed by atoms with van der Waals surface area (Å²) in [5.41, 5.74) is 3.62. The number of benzene rings is 2. The molecule has 2 aromatic carbocycles. The summed E-state index contributed by atoms with van der Waals surface area (Å²) in [4.78, 5) is 26.3. The molecule has 43 heavy (non-hydrogen) atoms. The number of carbonyl (C=O) groups excluding carboxylic acids is 1. The van der Waals surface area contributed by atoms with E-state index in [-0.39, 0.29) is 27.6 Å². The zero-order chi connectivity index (χ0) is 30.7. The van der Waals surface area contributed by atoms with Crippen LogP contribution in [0.3, 0.4) is 0 Å². The molecule has 1 saturated heterocycles. The summed E-state index contributed by atoms with van der Waals surface area (Å²) in [6.07, 6.45) is 5.38. The van der Waals surface area contributed by atoms with E-state index >= 15 is 0 Å². The molecule has 1 saturated carbocycles. The van der Waals surface area contributed by atoms with Crippen molar-refractivity contribution in [3.63, 3.8) is 0 Å². The number of hydrogen-bond donors (Lipinski definition) is 3. The van der Waals surface area contributed by atoms with Gasteiger partial charge in [0.2, 0.25) is 11.9 Å². The van der Waals surface area contributed by atoms with Crippen LogP contribution in [-0.2, 0) is 14.6 Å². The lowest BCUT2D eigenvalue weighted by atomic mass is 10.1. The molecule has 2 heterocycles. The third-order valence-corrected chi connectivity index (χ3v) is 10.3. The predicted octanol–water partition coefficient (Wildman–Crippen LogP) is 5.76. The SMILES string of the molecule is C=CC(=O)Nc1cc(Nc2ncc(Cl)c(Nc3ccccc3S(=O)(=O)C(C)C)n2)c(C)cc1N1CCN(CC2CC2)CC1. The highest BCUT2D eigenvalue weighted by atomic mass is 35.5. The van der Waals surface area contributed by atoms with Crippen LogP contribution in [0.15, 0.2) is 60.1 Å². The van der Waals surface area contributed by atoms with Crippen molar-refractivity contribution in [3.8, 4) is 0 Å². The predicted molar refractivity (Wildman–Crippen MR) is 174 cm³/mol. The second-order valence-electron chi connectivity index (χ2n) is 11.3. The number of para-hydroxylation sites is 1. The van der Waals surface area contributed by atoms with Crippen molar-refractivity contribution in [2.45, 2.75) is 43.8 Å². The van der Waals surface area contributed by atoms with Gasteiger partial charge in [0.25, 0.3) is 0 Å². The minimum absolute atomic E-state index is 0.164. The summed E-state index contributed by atoms with van der Waals surface area (Å²) in [5.74, 6) is 1.06. The van der Waals surface area contributed by atoms with Crippen LogP contribution in [-0.4, -0.2) is 67.2 Å². The van der Waals surface area contributed by atoms with E-state index in [1.165, 1.54) is 31.7 Å². The Bertz CT molecular complexity index is 1620. The van der Waals surface area contributed by atoms with E-state index in [1.54, 1.807) is 38.1 Å². The Kier molecular flexibility index (Phi) is 9.24. The molecule has 3 N–H and O–H groups in total. The smallest absolute Gasteiger partial charge is 0.247 e. The summed E-state index contributed by atoms with van der Waals surface area (Å²) in [7, 11) is -3.55. The van der Waals surface area contributed by atoms with Crippen LogP contribution >= 0.6 is 11.6 Å². The Labute approximate surface area is 258 Å². The van der Waals surface area contributed by atoms with E-state index < -0.39 is 15.1 Å². The molecule has 1 aromatic heterocycles. The van der Waals surface area contributed by atoms with Gasteiger partial charge in [0.15, 0.2) is 15.7 Å². The van der Waals surface area contributed by atoms with Crippen LogP contribution in [0.1, 0.15) is 32.3 Å². The number of carbonyl (C=O) groups is 1. The lowest BCUT2D eigenvalue weighted by Crippen LogP contribution is -2.47. The zero-order valence-corrected chi connectivity index (χ0v) is 26.3. The van der Waals surface area contributed by atoms with Crippen molar-refractivity contribution in [2.24, 2.45) is 5.92 Å². The molecule has 10 nitrogen and oxygen atoms in total. The monoisotopic (exact) mass is 623 g/mol. The van der Waals surface area contributed by atoms with Crippen LogP contribution in [0.5, 0.6) is 0 Å². The Morgan fingerprint density at radius 2 is 1.81 bits per heavy atom. The maximum absolute atomic E-state index is 12.9. The van der Waals surface area contributed by atoms with Crippen LogP contribution in [0, 0.1) is 12.8 Å². The Hall–Kier alpha value is -3.67. The van der Waals surface area contributed by atoms with E-state index in [9.17, 15) is 13.2 Å². The average molecular weight is 624 g/mol. The van der Waals surface area contributed by atoms with Gasteiger partial charge in [0.05, 0.1) is 33.4 Å². The van der Waals surface area contributed by atoms with Crippen LogP contribution in [0.2, 0.25) is 5.02 Å². The first-order valence-corrected chi connectivity index (χ1v) is 16.4. The molecule has 1 aliphatic heterocycles. The third-order valence-electron chi connectivity index (χ3n) is 7.77. The second kappa shape index (κ2) is 12.9. The molecule has 3 aromatic rings. The fourth-order valence-electron chi connectivity index (χ4n) is 5.04. The molecule has 1 aliphatic carbocycles. The van der Waals surface area contributed by atoms with Gasteiger partial charge in [-0.1, -0.05) is 30.3 Å². The fourth-order valence-corrected chi connectivity index (χ4v) is 6.38. The lowest BCUT2D eigenvalue weighted by molar-refractivity contribution is -0.111. The summed E-state index contributed by atoms with van der Waals surface area (Å²) < 4.78 is 25.9. The molecule has 0 bridgehead atoms. The molecule has 0 unspecified atom stereocenters. The van der Waals surface area contributed by atoms with Crippen molar-refractivity contribution < 1.29 is 13.2 Å². The van der Waals surface area contributed by atoms with Crippen LogP contribution in [0.25, 0.3) is 0 Å². The fraction of sp³-hybridized carbons (Fsp3) is 0.387. The maximum Gasteiger partial charge on any atom is 0.247 e. The molecule has 0 spiro atoms. The van der Waals surface area contributed by atoms with Crippen molar-refractivity contribution in [1.29, 1.82) is 0 Å². The standard InChI is InChI=1S/C31H38ClN7O3S/c1-5-29(40)34-26-17-25(21(4)16-27(26)39-14-12-38(13-15-39)19-22-10-11-22)36-31-33-18-23(32)30(37-31)35-24-8-6-7-9-28(24)43(41,42)20(2)3/h5-9,16-18,20,22H,1,10-15,19H2,2-4H3,(H,34,40)(H2,33,35,36,37). The molecule has 1 amide bonds. The molecule has 12 heteroatoms. The third kappa shape index (κ3) is 7.29. The minimum atomic E-state index is -3.55. The Balaban J connectivity index is 1.40. The number of rotatable bonds is 11. The van der Waals surface area contributed by atoms with Gasteiger partial charge in [-0.3, -0.25) is 9.69 Å². The highest BCUT2D eigenvalue weighted by Gasteiger charge is 2.28. The number of nitrogens with zero attached hydrogens (tertiary/aromatic N) is 4. The number of aryl methyl sites for hydroxylation is 1. The van der Waals surface area contributed by atoms with E-state index in [4.69, 9.17) is 11.6 Å². The molecular weight excluding hydrogens is 586 g/mol. The van der Waals surface area contributed by atoms with Crippen molar-refractivity contribution in [3.05, 3.63) is 65.8 Å². The van der Waals surface area contributed by atoms with Crippen molar-refractivity contribution >= 4 is 61.9 Å². The second-order valence-corrected chi connectivity index (χ2v) is 14.2. The normalized spacial score (nSPS) is 15.8. The quantitative estimate of drug-likeness (QED) is 0.229. The number of halogens is 1. The molecule has 228 valence electrons. The number of sulfone groups is 1. The molecule has 0 atom stereocenters. The molecule has 2 aliphatic rings. The topological polar surface area (TPSA) is 120 Å². The van der Waals surface area contributed by atoms with Gasteiger partial charge in [-0.05, 0) is 75.4 Å². The molecular formula is C31H38ClN7O3S. The van der Waals surface area contributed by atoms with E-state index in [0.29, 0.717) is 17.1 Å². The zero-order valence-electron chi connectivity index (χ0n) is 24.7. The van der Waals surface area contributed by atoms with Crippen LogP contribution in [0.4, 0.5) is 34.5 Å². The Morgan fingerprint density at radius 1 is 1.09 bits per heavy atom. The van der Waals surface area contributed by atoms with Gasteiger partial charge < -0.3 is 20.9 Å². The van der Waals surface area contributed by atoms with Crippen molar-refractivity contribution in [1.82, 2.24) is 14.9 Å². The number of amides is 1.